The number of hydrogen-bond donors (Lipinski definition) is 2. The van der Waals surface area contributed by atoms with E-state index in [4.69, 9.17) is 0 Å². The monoisotopic (exact) mass is 187 g/mol. The molecule has 0 fully saturated rings. The summed E-state index contributed by atoms with van der Waals surface area (Å²) >= 11 is 0. The summed E-state index contributed by atoms with van der Waals surface area (Å²) in [4.78, 5) is 17.5. The summed E-state index contributed by atoms with van der Waals surface area (Å²) in [5.74, 6) is 0.745. The number of carbonyl (C=O) groups excluding carboxylic acids is 1. The minimum Gasteiger partial charge on any atom is -0.345 e. The average Bonchev–Trinajstić information content (AvgIpc) is 2.72. The van der Waals surface area contributed by atoms with Gasteiger partial charge in [-0.2, -0.15) is 0 Å². The van der Waals surface area contributed by atoms with Crippen LogP contribution in [-0.4, -0.2) is 16.4 Å². The number of aromatic nitrogens is 2. The van der Waals surface area contributed by atoms with Gasteiger partial charge in [-0.05, 0) is 12.1 Å². The smallest absolute Gasteiger partial charge is 0.211 e. The van der Waals surface area contributed by atoms with E-state index < -0.39 is 0 Å². The number of anilines is 1. The van der Waals surface area contributed by atoms with Crippen molar-refractivity contribution < 1.29 is 4.79 Å². The fourth-order valence-corrected chi connectivity index (χ4v) is 1.29. The number of carbonyl (C=O) groups is 1. The zero-order chi connectivity index (χ0) is 9.80. The Bertz CT molecular complexity index is 423. The van der Waals surface area contributed by atoms with Gasteiger partial charge in [-0.3, -0.25) is 4.79 Å². The summed E-state index contributed by atoms with van der Waals surface area (Å²) < 4.78 is 0. The topological polar surface area (TPSA) is 57.8 Å². The molecule has 1 aromatic carbocycles. The Morgan fingerprint density at radius 2 is 2.21 bits per heavy atom. The highest BCUT2D eigenvalue weighted by molar-refractivity contribution is 5.82. The molecule has 4 heteroatoms. The summed E-state index contributed by atoms with van der Waals surface area (Å²) in [6, 6.07) is 7.48. The van der Waals surface area contributed by atoms with Crippen LogP contribution in [0.1, 0.15) is 0 Å². The lowest BCUT2D eigenvalue weighted by Gasteiger charge is -2.04. The molecule has 0 bridgehead atoms. The molecule has 1 amide bonds. The molecule has 0 unspecified atom stereocenters. The number of amides is 1. The highest BCUT2D eigenvalue weighted by Gasteiger charge is 2.04. The number of imidazole rings is 1. The number of nitrogens with zero attached hydrogens (tertiary/aromatic N) is 1. The molecule has 0 spiro atoms. The number of H-pyrrole nitrogens is 1. The van der Waals surface area contributed by atoms with E-state index >= 15 is 0 Å². The summed E-state index contributed by atoms with van der Waals surface area (Å²) in [5, 5.41) is 2.62. The first-order valence-electron chi connectivity index (χ1n) is 4.21. The molecule has 1 aromatic heterocycles. The van der Waals surface area contributed by atoms with Gasteiger partial charge in [0.25, 0.3) is 0 Å². The van der Waals surface area contributed by atoms with Gasteiger partial charge in [0.1, 0.15) is 5.82 Å². The van der Waals surface area contributed by atoms with E-state index in [1.807, 2.05) is 24.3 Å². The van der Waals surface area contributed by atoms with Gasteiger partial charge in [-0.1, -0.05) is 12.1 Å². The van der Waals surface area contributed by atoms with Crippen LogP contribution in [0.25, 0.3) is 11.4 Å². The molecule has 70 valence electrons. The number of hydrogen-bond acceptors (Lipinski definition) is 2. The Morgan fingerprint density at radius 1 is 1.36 bits per heavy atom. The maximum absolute atomic E-state index is 10.4. The Balaban J connectivity index is 2.46. The van der Waals surface area contributed by atoms with Gasteiger partial charge in [0.05, 0.1) is 5.69 Å². The van der Waals surface area contributed by atoms with E-state index in [2.05, 4.69) is 15.3 Å². The van der Waals surface area contributed by atoms with Crippen LogP contribution in [0.2, 0.25) is 0 Å². The third-order valence-electron chi connectivity index (χ3n) is 1.89. The van der Waals surface area contributed by atoms with E-state index in [9.17, 15) is 4.79 Å². The number of aromatic amines is 1. The van der Waals surface area contributed by atoms with Crippen LogP contribution in [0, 0.1) is 0 Å². The van der Waals surface area contributed by atoms with Gasteiger partial charge in [-0.25, -0.2) is 4.98 Å². The van der Waals surface area contributed by atoms with E-state index in [-0.39, 0.29) is 0 Å². The summed E-state index contributed by atoms with van der Waals surface area (Å²) in [7, 11) is 0. The molecule has 0 saturated heterocycles. The Hall–Kier alpha value is -2.10. The Kier molecular flexibility index (Phi) is 2.27. The fourth-order valence-electron chi connectivity index (χ4n) is 1.29. The van der Waals surface area contributed by atoms with Crippen molar-refractivity contribution in [3.8, 4) is 11.4 Å². The Labute approximate surface area is 81.0 Å². The normalized spacial score (nSPS) is 9.71. The van der Waals surface area contributed by atoms with Gasteiger partial charge in [0.15, 0.2) is 0 Å². The third-order valence-corrected chi connectivity index (χ3v) is 1.89. The van der Waals surface area contributed by atoms with Crippen LogP contribution in [-0.2, 0) is 4.79 Å². The van der Waals surface area contributed by atoms with Crippen LogP contribution < -0.4 is 5.32 Å². The molecule has 2 N–H and O–H groups in total. The molecule has 0 atom stereocenters. The summed E-state index contributed by atoms with van der Waals surface area (Å²) in [6.45, 7) is 0. The lowest BCUT2D eigenvalue weighted by atomic mass is 10.1. The first-order chi connectivity index (χ1) is 6.92. The largest absolute Gasteiger partial charge is 0.345 e. The standard InChI is InChI=1S/C10H9N3O/c14-7-13-9-4-2-1-3-8(9)10-11-5-6-12-10/h1-7H,(H,11,12)(H,13,14). The van der Waals surface area contributed by atoms with Crippen LogP contribution in [0.3, 0.4) is 0 Å². The van der Waals surface area contributed by atoms with Crippen molar-refractivity contribution in [3.05, 3.63) is 36.7 Å². The lowest BCUT2D eigenvalue weighted by molar-refractivity contribution is -0.105. The molecule has 2 rings (SSSR count). The minimum atomic E-state index is 0.655. The molecular formula is C10H9N3O. The van der Waals surface area contributed by atoms with E-state index in [0.717, 1.165) is 17.1 Å². The van der Waals surface area contributed by atoms with Crippen LogP contribution in [0.15, 0.2) is 36.7 Å². The van der Waals surface area contributed by atoms with Crippen LogP contribution in [0.5, 0.6) is 0 Å². The van der Waals surface area contributed by atoms with Crippen molar-refractivity contribution in [1.29, 1.82) is 0 Å². The second-order valence-corrected chi connectivity index (χ2v) is 2.75. The van der Waals surface area contributed by atoms with Crippen molar-refractivity contribution in [2.24, 2.45) is 0 Å². The quantitative estimate of drug-likeness (QED) is 0.718. The van der Waals surface area contributed by atoms with Gasteiger partial charge < -0.3 is 10.3 Å². The van der Waals surface area contributed by atoms with E-state index in [1.165, 1.54) is 0 Å². The van der Waals surface area contributed by atoms with Gasteiger partial charge >= 0.3 is 0 Å². The van der Waals surface area contributed by atoms with Gasteiger partial charge in [-0.15, -0.1) is 0 Å². The van der Waals surface area contributed by atoms with Gasteiger partial charge in [0, 0.05) is 18.0 Å². The second-order valence-electron chi connectivity index (χ2n) is 2.75. The van der Waals surface area contributed by atoms with Crippen molar-refractivity contribution >= 4 is 12.1 Å². The predicted octanol–water partition coefficient (Wildman–Crippen LogP) is 1.64. The van der Waals surface area contributed by atoms with Crippen molar-refractivity contribution in [2.75, 3.05) is 5.32 Å². The predicted molar refractivity (Wildman–Crippen MR) is 53.7 cm³/mol. The molecule has 14 heavy (non-hydrogen) atoms. The molecule has 0 aliphatic heterocycles. The second kappa shape index (κ2) is 3.74. The van der Waals surface area contributed by atoms with Crippen molar-refractivity contribution in [3.63, 3.8) is 0 Å². The summed E-state index contributed by atoms with van der Waals surface area (Å²) in [6.07, 6.45) is 4.07. The zero-order valence-corrected chi connectivity index (χ0v) is 7.40. The van der Waals surface area contributed by atoms with Crippen LogP contribution in [0.4, 0.5) is 5.69 Å². The number of para-hydroxylation sites is 1. The third kappa shape index (κ3) is 1.50. The lowest BCUT2D eigenvalue weighted by Crippen LogP contribution is -1.96. The number of nitrogens with one attached hydrogen (secondary N) is 2. The van der Waals surface area contributed by atoms with Gasteiger partial charge in [0.2, 0.25) is 6.41 Å². The molecule has 0 saturated carbocycles. The molecule has 4 nitrogen and oxygen atoms in total. The highest BCUT2D eigenvalue weighted by Crippen LogP contribution is 2.23. The van der Waals surface area contributed by atoms with Crippen LogP contribution >= 0.6 is 0 Å². The maximum Gasteiger partial charge on any atom is 0.211 e. The molecule has 2 aromatic rings. The average molecular weight is 187 g/mol. The first kappa shape index (κ1) is 8.50. The minimum absolute atomic E-state index is 0.655. The molecule has 0 aliphatic carbocycles. The van der Waals surface area contributed by atoms with Crippen molar-refractivity contribution in [1.82, 2.24) is 9.97 Å². The van der Waals surface area contributed by atoms with E-state index in [1.54, 1.807) is 12.4 Å². The Morgan fingerprint density at radius 3 is 2.93 bits per heavy atom. The number of rotatable bonds is 3. The molecule has 0 aliphatic rings. The molecular weight excluding hydrogens is 178 g/mol. The number of benzene rings is 1. The zero-order valence-electron chi connectivity index (χ0n) is 7.40. The fraction of sp³-hybridized carbons (Fsp3) is 0. The molecule has 0 radical (unpaired) electrons. The molecule has 1 heterocycles. The SMILES string of the molecule is O=CNc1ccccc1-c1ncc[nH]1. The summed E-state index contributed by atoms with van der Waals surface area (Å²) in [5.41, 5.74) is 1.63. The maximum atomic E-state index is 10.4. The first-order valence-corrected chi connectivity index (χ1v) is 4.21. The highest BCUT2D eigenvalue weighted by atomic mass is 16.1. The van der Waals surface area contributed by atoms with E-state index in [0.29, 0.717) is 6.41 Å². The van der Waals surface area contributed by atoms with Crippen molar-refractivity contribution in [2.45, 2.75) is 0 Å².